The van der Waals surface area contributed by atoms with Crippen molar-refractivity contribution in [2.75, 3.05) is 19.0 Å². The average molecular weight is 364 g/mol. The van der Waals surface area contributed by atoms with E-state index in [0.717, 1.165) is 0 Å². The molecule has 0 aliphatic carbocycles. The van der Waals surface area contributed by atoms with E-state index in [1.165, 1.54) is 19.2 Å². The van der Waals surface area contributed by atoms with Crippen molar-refractivity contribution in [2.24, 2.45) is 5.73 Å². The molecular weight excluding hydrogens is 351 g/mol. The monoisotopic (exact) mass is 364 g/mol. The van der Waals surface area contributed by atoms with E-state index in [1.54, 1.807) is 6.07 Å². The van der Waals surface area contributed by atoms with Crippen molar-refractivity contribution in [3.63, 3.8) is 0 Å². The van der Waals surface area contributed by atoms with Crippen LogP contribution in [-0.2, 0) is 9.53 Å². The van der Waals surface area contributed by atoms with Crippen LogP contribution in [0.15, 0.2) is 18.2 Å². The van der Waals surface area contributed by atoms with Crippen LogP contribution in [-0.4, -0.2) is 36.7 Å². The molecule has 0 bridgehead atoms. The fraction of sp³-hybridized carbons (Fsp3) is 0.273. The first-order valence-electron chi connectivity index (χ1n) is 5.05. The Morgan fingerprint density at radius 3 is 2.67 bits per heavy atom. The van der Waals surface area contributed by atoms with Gasteiger partial charge in [-0.1, -0.05) is 0 Å². The standard InChI is InChI=1S/C11H13IN2O4/c1-18-9(5-13)10(15)14-8-3-6(11(16)17)2-7(12)4-8/h2-4,9H,5,13H2,1H3,(H,14,15)(H,16,17). The Morgan fingerprint density at radius 1 is 1.50 bits per heavy atom. The Balaban J connectivity index is 2.90. The van der Waals surface area contributed by atoms with Crippen LogP contribution in [0, 0.1) is 3.57 Å². The zero-order chi connectivity index (χ0) is 13.7. The number of nitrogens with two attached hydrogens (primary N) is 1. The molecule has 1 aromatic rings. The van der Waals surface area contributed by atoms with E-state index in [-0.39, 0.29) is 12.1 Å². The number of hydrogen-bond acceptors (Lipinski definition) is 4. The largest absolute Gasteiger partial charge is 0.478 e. The van der Waals surface area contributed by atoms with Gasteiger partial charge in [0.15, 0.2) is 0 Å². The Morgan fingerprint density at radius 2 is 2.17 bits per heavy atom. The molecule has 18 heavy (non-hydrogen) atoms. The number of methoxy groups -OCH3 is 1. The quantitative estimate of drug-likeness (QED) is 0.674. The molecule has 0 aliphatic rings. The predicted octanol–water partition coefficient (Wildman–Crippen LogP) is 0.902. The summed E-state index contributed by atoms with van der Waals surface area (Å²) in [4.78, 5) is 22.6. The van der Waals surface area contributed by atoms with Gasteiger partial charge in [-0.25, -0.2) is 4.79 Å². The summed E-state index contributed by atoms with van der Waals surface area (Å²) in [5, 5.41) is 11.5. The van der Waals surface area contributed by atoms with Crippen molar-refractivity contribution in [1.29, 1.82) is 0 Å². The van der Waals surface area contributed by atoms with Crippen molar-refractivity contribution >= 4 is 40.2 Å². The highest BCUT2D eigenvalue weighted by Gasteiger charge is 2.16. The molecule has 1 rings (SSSR count). The first kappa shape index (κ1) is 14.9. The Bertz CT molecular complexity index is 460. The number of anilines is 1. The number of carbonyl (C=O) groups is 2. The maximum absolute atomic E-state index is 11.7. The van der Waals surface area contributed by atoms with Crippen LogP contribution in [0.3, 0.4) is 0 Å². The van der Waals surface area contributed by atoms with E-state index < -0.39 is 18.0 Å². The van der Waals surface area contributed by atoms with Crippen LogP contribution in [0.1, 0.15) is 10.4 Å². The molecule has 4 N–H and O–H groups in total. The maximum Gasteiger partial charge on any atom is 0.335 e. The van der Waals surface area contributed by atoms with Gasteiger partial charge in [-0.15, -0.1) is 0 Å². The first-order chi connectivity index (χ1) is 8.47. The van der Waals surface area contributed by atoms with Crippen molar-refractivity contribution in [3.05, 3.63) is 27.3 Å². The van der Waals surface area contributed by atoms with Gasteiger partial charge in [0.2, 0.25) is 0 Å². The molecule has 0 aromatic heterocycles. The highest BCUT2D eigenvalue weighted by atomic mass is 127. The molecule has 1 amide bonds. The van der Waals surface area contributed by atoms with Gasteiger partial charge in [0.25, 0.3) is 5.91 Å². The Labute approximate surface area is 118 Å². The number of hydrogen-bond donors (Lipinski definition) is 3. The van der Waals surface area contributed by atoms with E-state index in [9.17, 15) is 9.59 Å². The maximum atomic E-state index is 11.7. The van der Waals surface area contributed by atoms with Gasteiger partial charge < -0.3 is 20.9 Å². The summed E-state index contributed by atoms with van der Waals surface area (Å²) in [5.74, 6) is -1.45. The summed E-state index contributed by atoms with van der Waals surface area (Å²) in [6.07, 6.45) is -0.754. The molecule has 7 heteroatoms. The van der Waals surface area contributed by atoms with Crippen LogP contribution in [0.2, 0.25) is 0 Å². The lowest BCUT2D eigenvalue weighted by Crippen LogP contribution is -2.35. The van der Waals surface area contributed by atoms with Gasteiger partial charge >= 0.3 is 5.97 Å². The number of benzene rings is 1. The lowest BCUT2D eigenvalue weighted by molar-refractivity contribution is -0.125. The second-order valence-electron chi connectivity index (χ2n) is 3.48. The number of rotatable bonds is 5. The molecule has 0 spiro atoms. The minimum atomic E-state index is -1.05. The van der Waals surface area contributed by atoms with Crippen LogP contribution in [0.4, 0.5) is 5.69 Å². The molecule has 1 unspecified atom stereocenters. The second-order valence-corrected chi connectivity index (χ2v) is 4.73. The lowest BCUT2D eigenvalue weighted by Gasteiger charge is -2.13. The fourth-order valence-corrected chi connectivity index (χ4v) is 1.99. The third-order valence-electron chi connectivity index (χ3n) is 2.20. The number of carboxylic acid groups (broad SMARTS) is 1. The highest BCUT2D eigenvalue weighted by molar-refractivity contribution is 14.1. The van der Waals surface area contributed by atoms with Gasteiger partial charge in [0, 0.05) is 22.9 Å². The third kappa shape index (κ3) is 3.93. The number of nitrogens with one attached hydrogen (secondary N) is 1. The zero-order valence-electron chi connectivity index (χ0n) is 9.64. The summed E-state index contributed by atoms with van der Waals surface area (Å²) in [6, 6.07) is 4.55. The molecule has 0 saturated carbocycles. The number of aromatic carboxylic acids is 1. The molecule has 0 fully saturated rings. The molecular formula is C11H13IN2O4. The number of carbonyl (C=O) groups excluding carboxylic acids is 1. The average Bonchev–Trinajstić information content (AvgIpc) is 2.29. The van der Waals surface area contributed by atoms with Crippen LogP contribution < -0.4 is 11.1 Å². The molecule has 0 aliphatic heterocycles. The van der Waals surface area contributed by atoms with Gasteiger partial charge in [-0.3, -0.25) is 4.79 Å². The molecule has 1 aromatic carbocycles. The van der Waals surface area contributed by atoms with E-state index in [4.69, 9.17) is 15.6 Å². The minimum absolute atomic E-state index is 0.0536. The molecule has 6 nitrogen and oxygen atoms in total. The second kappa shape index (κ2) is 6.66. The summed E-state index contributed by atoms with van der Waals surface area (Å²) in [5.41, 5.74) is 5.88. The summed E-state index contributed by atoms with van der Waals surface area (Å²) in [6.45, 7) is 0.0536. The molecule has 0 saturated heterocycles. The van der Waals surface area contributed by atoms with Crippen LogP contribution in [0.5, 0.6) is 0 Å². The normalized spacial score (nSPS) is 11.9. The van der Waals surface area contributed by atoms with Crippen molar-refractivity contribution in [1.82, 2.24) is 0 Å². The number of halogens is 1. The summed E-state index contributed by atoms with van der Waals surface area (Å²) in [7, 11) is 1.38. The Hall–Kier alpha value is -1.19. The molecule has 0 heterocycles. The van der Waals surface area contributed by atoms with Gasteiger partial charge in [-0.2, -0.15) is 0 Å². The van der Waals surface area contributed by atoms with E-state index >= 15 is 0 Å². The van der Waals surface area contributed by atoms with E-state index in [2.05, 4.69) is 5.32 Å². The highest BCUT2D eigenvalue weighted by Crippen LogP contribution is 2.17. The van der Waals surface area contributed by atoms with Gasteiger partial charge in [0.05, 0.1) is 5.56 Å². The minimum Gasteiger partial charge on any atom is -0.478 e. The van der Waals surface area contributed by atoms with Gasteiger partial charge in [0.1, 0.15) is 6.10 Å². The number of amides is 1. The SMILES string of the molecule is COC(CN)C(=O)Nc1cc(I)cc(C(=O)O)c1. The number of carboxylic acids is 1. The summed E-state index contributed by atoms with van der Waals surface area (Å²) >= 11 is 1.98. The van der Waals surface area contributed by atoms with Crippen LogP contribution in [0.25, 0.3) is 0 Å². The number of ether oxygens (including phenoxy) is 1. The molecule has 98 valence electrons. The van der Waals surface area contributed by atoms with E-state index in [1.807, 2.05) is 22.6 Å². The zero-order valence-corrected chi connectivity index (χ0v) is 11.8. The van der Waals surface area contributed by atoms with Crippen molar-refractivity contribution in [3.8, 4) is 0 Å². The predicted molar refractivity (Wildman–Crippen MR) is 74.6 cm³/mol. The van der Waals surface area contributed by atoms with Crippen LogP contribution >= 0.6 is 22.6 Å². The first-order valence-corrected chi connectivity index (χ1v) is 6.13. The van der Waals surface area contributed by atoms with E-state index in [0.29, 0.717) is 9.26 Å². The topological polar surface area (TPSA) is 102 Å². The lowest BCUT2D eigenvalue weighted by atomic mass is 10.2. The molecule has 1 atom stereocenters. The molecule has 0 radical (unpaired) electrons. The van der Waals surface area contributed by atoms with Crippen molar-refractivity contribution in [2.45, 2.75) is 6.10 Å². The third-order valence-corrected chi connectivity index (χ3v) is 2.83. The Kier molecular flexibility index (Phi) is 5.51. The van der Waals surface area contributed by atoms with Gasteiger partial charge in [-0.05, 0) is 40.8 Å². The smallest absolute Gasteiger partial charge is 0.335 e. The fourth-order valence-electron chi connectivity index (χ4n) is 1.32. The van der Waals surface area contributed by atoms with Crippen molar-refractivity contribution < 1.29 is 19.4 Å². The summed E-state index contributed by atoms with van der Waals surface area (Å²) < 4.78 is 5.60.